The summed E-state index contributed by atoms with van der Waals surface area (Å²) in [7, 11) is 1.46. The highest BCUT2D eigenvalue weighted by Crippen LogP contribution is 2.27. The van der Waals surface area contributed by atoms with Gasteiger partial charge in [-0.1, -0.05) is 30.3 Å². The van der Waals surface area contributed by atoms with Gasteiger partial charge in [0.15, 0.2) is 5.69 Å². The lowest BCUT2D eigenvalue weighted by Gasteiger charge is -2.17. The number of nitrogens with zero attached hydrogens (tertiary/aromatic N) is 3. The topological polar surface area (TPSA) is 185 Å². The Hall–Kier alpha value is -5.85. The Morgan fingerprint density at radius 3 is 2.40 bits per heavy atom. The molecule has 2 heterocycles. The summed E-state index contributed by atoms with van der Waals surface area (Å²) in [6.07, 6.45) is 2.40. The Kier molecular flexibility index (Phi) is 9.92. The van der Waals surface area contributed by atoms with Crippen LogP contribution < -0.4 is 26.0 Å². The zero-order valence-corrected chi connectivity index (χ0v) is 23.3. The van der Waals surface area contributed by atoms with E-state index in [2.05, 4.69) is 36.4 Å². The van der Waals surface area contributed by atoms with Gasteiger partial charge < -0.3 is 31.1 Å². The molecule has 0 saturated carbocycles. The number of urea groups is 1. The van der Waals surface area contributed by atoms with Crippen molar-refractivity contribution in [1.29, 1.82) is 0 Å². The third-order valence-electron chi connectivity index (χ3n) is 6.22. The van der Waals surface area contributed by atoms with Gasteiger partial charge in [0, 0.05) is 18.1 Å². The Balaban J connectivity index is 1.36. The van der Waals surface area contributed by atoms with Gasteiger partial charge in [0.25, 0.3) is 5.91 Å². The average Bonchev–Trinajstić information content (AvgIpc) is 2.99. The normalized spacial score (nSPS) is 11.1. The summed E-state index contributed by atoms with van der Waals surface area (Å²) in [5, 5.41) is 27.6. The van der Waals surface area contributed by atoms with Crippen LogP contribution in [0.3, 0.4) is 0 Å². The minimum Gasteiger partial charge on any atom is -0.495 e. The molecule has 43 heavy (non-hydrogen) atoms. The number of para-hydroxylation sites is 1. The van der Waals surface area contributed by atoms with Crippen LogP contribution in [-0.4, -0.2) is 51.2 Å². The predicted octanol–water partition coefficient (Wildman–Crippen LogP) is 3.96. The number of methoxy groups -OCH3 is 1. The monoisotopic (exact) mass is 583 g/mol. The lowest BCUT2D eigenvalue weighted by molar-refractivity contribution is -0.137. The summed E-state index contributed by atoms with van der Waals surface area (Å²) in [4.78, 5) is 53.3. The number of nitrogens with one attached hydrogen (secondary N) is 4. The highest BCUT2D eigenvalue weighted by atomic mass is 16.5. The smallest absolute Gasteiger partial charge is 0.323 e. The summed E-state index contributed by atoms with van der Waals surface area (Å²) >= 11 is 0. The summed E-state index contributed by atoms with van der Waals surface area (Å²) in [6.45, 7) is 1.89. The molecule has 0 radical (unpaired) electrons. The van der Waals surface area contributed by atoms with E-state index in [9.17, 15) is 24.3 Å². The van der Waals surface area contributed by atoms with E-state index in [1.165, 1.54) is 31.6 Å². The number of aliphatic carboxylic acids is 1. The van der Waals surface area contributed by atoms with Crippen LogP contribution in [0.25, 0.3) is 0 Å². The van der Waals surface area contributed by atoms with Gasteiger partial charge in [0.1, 0.15) is 11.6 Å². The van der Waals surface area contributed by atoms with Gasteiger partial charge in [-0.15, -0.1) is 5.10 Å². The van der Waals surface area contributed by atoms with Gasteiger partial charge in [-0.3, -0.25) is 14.4 Å². The number of ether oxygens (including phenoxy) is 1. The summed E-state index contributed by atoms with van der Waals surface area (Å²) < 4.78 is 5.41. The molecule has 1 unspecified atom stereocenters. The van der Waals surface area contributed by atoms with Crippen molar-refractivity contribution in [3.8, 4) is 5.75 Å². The van der Waals surface area contributed by atoms with Gasteiger partial charge in [0.2, 0.25) is 5.91 Å². The SMILES string of the molecule is COc1cc(CC(=O)Nc2ccc(C(CC(=O)O)NC(=O)c3cccnn3)cn2)ccc1NC(=O)Nc1ccccc1C. The molecule has 4 amide bonds. The van der Waals surface area contributed by atoms with Crippen molar-refractivity contribution in [3.05, 3.63) is 102 Å². The Labute approximate surface area is 246 Å². The average molecular weight is 584 g/mol. The van der Waals surface area contributed by atoms with Crippen molar-refractivity contribution in [2.24, 2.45) is 0 Å². The van der Waals surface area contributed by atoms with Gasteiger partial charge in [-0.25, -0.2) is 9.78 Å². The van der Waals surface area contributed by atoms with E-state index in [4.69, 9.17) is 4.74 Å². The Morgan fingerprint density at radius 1 is 0.930 bits per heavy atom. The van der Waals surface area contributed by atoms with Crippen LogP contribution in [0.5, 0.6) is 5.75 Å². The second kappa shape index (κ2) is 14.2. The Morgan fingerprint density at radius 2 is 1.72 bits per heavy atom. The number of carboxylic acids is 1. The number of carboxylic acid groups (broad SMARTS) is 1. The largest absolute Gasteiger partial charge is 0.495 e. The van der Waals surface area contributed by atoms with Crippen LogP contribution in [0, 0.1) is 6.92 Å². The van der Waals surface area contributed by atoms with Crippen LogP contribution in [-0.2, 0) is 16.0 Å². The van der Waals surface area contributed by atoms with Gasteiger partial charge in [0.05, 0.1) is 31.7 Å². The third kappa shape index (κ3) is 8.57. The Bertz CT molecular complexity index is 1610. The second-order valence-corrected chi connectivity index (χ2v) is 9.36. The molecule has 0 aliphatic carbocycles. The molecule has 4 aromatic rings. The van der Waals surface area contributed by atoms with Gasteiger partial charge in [-0.2, -0.15) is 5.10 Å². The first-order valence-corrected chi connectivity index (χ1v) is 13.1. The van der Waals surface area contributed by atoms with Crippen LogP contribution in [0.2, 0.25) is 0 Å². The number of benzene rings is 2. The molecule has 2 aromatic heterocycles. The first-order chi connectivity index (χ1) is 20.7. The molecule has 5 N–H and O–H groups in total. The number of anilines is 3. The number of carbonyl (C=O) groups is 4. The fourth-order valence-electron chi connectivity index (χ4n) is 4.08. The molecule has 0 spiro atoms. The van der Waals surface area contributed by atoms with E-state index in [1.54, 1.807) is 36.4 Å². The van der Waals surface area contributed by atoms with Crippen molar-refractivity contribution in [3.63, 3.8) is 0 Å². The quantitative estimate of drug-likeness (QED) is 0.174. The molecule has 0 aliphatic rings. The van der Waals surface area contributed by atoms with Crippen molar-refractivity contribution in [2.75, 3.05) is 23.1 Å². The van der Waals surface area contributed by atoms with Crippen LogP contribution >= 0.6 is 0 Å². The zero-order chi connectivity index (χ0) is 30.8. The van der Waals surface area contributed by atoms with Crippen molar-refractivity contribution >= 4 is 41.0 Å². The summed E-state index contributed by atoms with van der Waals surface area (Å²) in [5.41, 5.74) is 3.12. The van der Waals surface area contributed by atoms with E-state index >= 15 is 0 Å². The van der Waals surface area contributed by atoms with Crippen molar-refractivity contribution in [1.82, 2.24) is 20.5 Å². The number of aryl methyl sites for hydroxylation is 1. The number of amides is 4. The third-order valence-corrected chi connectivity index (χ3v) is 6.22. The molecular formula is C30H29N7O6. The van der Waals surface area contributed by atoms with Crippen molar-refractivity contribution < 1.29 is 29.0 Å². The minimum atomic E-state index is -1.12. The highest BCUT2D eigenvalue weighted by Gasteiger charge is 2.20. The van der Waals surface area contributed by atoms with E-state index < -0.39 is 23.9 Å². The van der Waals surface area contributed by atoms with Crippen LogP contribution in [0.1, 0.15) is 39.6 Å². The molecule has 1 atom stereocenters. The maximum atomic E-state index is 12.7. The predicted molar refractivity (Wildman–Crippen MR) is 158 cm³/mol. The molecule has 0 fully saturated rings. The fourth-order valence-corrected chi connectivity index (χ4v) is 4.08. The molecule has 13 nitrogen and oxygen atoms in total. The molecule has 4 rings (SSSR count). The number of rotatable bonds is 11. The molecule has 0 aliphatic heterocycles. The number of pyridine rings is 1. The molecule has 220 valence electrons. The number of aromatic nitrogens is 3. The van der Waals surface area contributed by atoms with Crippen LogP contribution in [0.15, 0.2) is 79.1 Å². The highest BCUT2D eigenvalue weighted by molar-refractivity contribution is 6.01. The van der Waals surface area contributed by atoms with E-state index in [0.29, 0.717) is 28.3 Å². The van der Waals surface area contributed by atoms with E-state index in [0.717, 1.165) is 5.56 Å². The zero-order valence-electron chi connectivity index (χ0n) is 23.3. The lowest BCUT2D eigenvalue weighted by atomic mass is 10.1. The van der Waals surface area contributed by atoms with Crippen molar-refractivity contribution in [2.45, 2.75) is 25.8 Å². The fraction of sp³-hybridized carbons (Fsp3) is 0.167. The maximum absolute atomic E-state index is 12.7. The van der Waals surface area contributed by atoms with Crippen LogP contribution in [0.4, 0.5) is 22.0 Å². The van der Waals surface area contributed by atoms with Gasteiger partial charge >= 0.3 is 12.0 Å². The van der Waals surface area contributed by atoms with E-state index in [1.807, 2.05) is 25.1 Å². The second-order valence-electron chi connectivity index (χ2n) is 9.36. The first kappa shape index (κ1) is 30.1. The maximum Gasteiger partial charge on any atom is 0.323 e. The summed E-state index contributed by atoms with van der Waals surface area (Å²) in [6, 6.07) is 17.1. The molecule has 2 aromatic carbocycles. The number of hydrogen-bond donors (Lipinski definition) is 5. The molecular weight excluding hydrogens is 554 g/mol. The lowest BCUT2D eigenvalue weighted by Crippen LogP contribution is -2.31. The van der Waals surface area contributed by atoms with E-state index in [-0.39, 0.29) is 30.3 Å². The van der Waals surface area contributed by atoms with Gasteiger partial charge in [-0.05, 0) is 60.0 Å². The first-order valence-electron chi connectivity index (χ1n) is 13.1. The number of hydrogen-bond acceptors (Lipinski definition) is 8. The standard InChI is InChI=1S/C30H29N7O6/c1-18-6-3-4-7-21(18)34-30(42)35-22-11-9-19(14-25(22)43-2)15-27(38)36-26-12-10-20(17-31-26)24(16-28(39)40)33-29(41)23-8-5-13-32-37-23/h3-14,17,24H,15-16H2,1-2H3,(H,33,41)(H,39,40)(H,31,36,38)(H2,34,35,42). The summed E-state index contributed by atoms with van der Waals surface area (Å²) in [5.74, 6) is -1.45. The molecule has 0 bridgehead atoms. The minimum absolute atomic E-state index is 0.00865. The molecule has 0 saturated heterocycles. The number of carbonyl (C=O) groups excluding carboxylic acids is 3. The molecule has 13 heteroatoms.